The van der Waals surface area contributed by atoms with E-state index in [2.05, 4.69) is 5.32 Å². The zero-order valence-electron chi connectivity index (χ0n) is 13.6. The number of benzene rings is 1. The molecule has 0 unspecified atom stereocenters. The zero-order chi connectivity index (χ0) is 17.1. The largest absolute Gasteiger partial charge is 0.354 e. The van der Waals surface area contributed by atoms with Gasteiger partial charge in [-0.3, -0.25) is 4.79 Å². The van der Waals surface area contributed by atoms with Gasteiger partial charge in [-0.2, -0.15) is 0 Å². The van der Waals surface area contributed by atoms with Crippen LogP contribution in [-0.2, 0) is 20.0 Å². The Bertz CT molecular complexity index is 651. The lowest BCUT2D eigenvalue weighted by molar-refractivity contribution is -0.120. The summed E-state index contributed by atoms with van der Waals surface area (Å²) in [4.78, 5) is 12.2. The molecule has 1 amide bonds. The van der Waals surface area contributed by atoms with Crippen LogP contribution in [0.5, 0.6) is 0 Å². The van der Waals surface area contributed by atoms with Gasteiger partial charge < -0.3 is 5.32 Å². The summed E-state index contributed by atoms with van der Waals surface area (Å²) in [5.74, 6) is -0.719. The summed E-state index contributed by atoms with van der Waals surface area (Å²) in [6, 6.07) is 6.34. The van der Waals surface area contributed by atoms with Gasteiger partial charge in [0.25, 0.3) is 0 Å². The van der Waals surface area contributed by atoms with Crippen molar-refractivity contribution >= 4 is 15.7 Å². The van der Waals surface area contributed by atoms with Crippen LogP contribution in [0.4, 0.5) is 4.39 Å². The molecule has 4 nitrogen and oxygen atoms in total. The standard InChI is InChI=1S/C17H24FNO3S/c1-3-11-23(21,22)13(2)16(20)19-12-17(9-4-10-17)14-5-7-15(18)8-6-14/h5-8,13H,3-4,9-12H2,1-2H3,(H,19,20)/t13-/m1/s1. The molecule has 6 heteroatoms. The molecular weight excluding hydrogens is 317 g/mol. The minimum absolute atomic E-state index is 0.0185. The van der Waals surface area contributed by atoms with E-state index >= 15 is 0 Å². The van der Waals surface area contributed by atoms with Crippen molar-refractivity contribution in [1.29, 1.82) is 0 Å². The summed E-state index contributed by atoms with van der Waals surface area (Å²) in [5, 5.41) is 1.76. The van der Waals surface area contributed by atoms with Crippen LogP contribution in [0.25, 0.3) is 0 Å². The van der Waals surface area contributed by atoms with Gasteiger partial charge in [0, 0.05) is 12.0 Å². The molecule has 1 aromatic rings. The van der Waals surface area contributed by atoms with Gasteiger partial charge in [0.1, 0.15) is 11.1 Å². The highest BCUT2D eigenvalue weighted by Crippen LogP contribution is 2.43. The molecule has 0 bridgehead atoms. The van der Waals surface area contributed by atoms with Gasteiger partial charge in [-0.1, -0.05) is 25.5 Å². The normalized spacial score (nSPS) is 18.0. The number of sulfone groups is 1. The Balaban J connectivity index is 2.03. The summed E-state index contributed by atoms with van der Waals surface area (Å²) in [6.07, 6.45) is 3.38. The van der Waals surface area contributed by atoms with Crippen molar-refractivity contribution in [2.24, 2.45) is 0 Å². The Hall–Kier alpha value is -1.43. The fourth-order valence-electron chi connectivity index (χ4n) is 3.00. The fraction of sp³-hybridized carbons (Fsp3) is 0.588. The molecule has 1 fully saturated rings. The first kappa shape index (κ1) is 17.9. The van der Waals surface area contributed by atoms with Crippen molar-refractivity contribution in [2.45, 2.75) is 50.2 Å². The van der Waals surface area contributed by atoms with Crippen LogP contribution in [0.2, 0.25) is 0 Å². The highest BCUT2D eigenvalue weighted by molar-refractivity contribution is 7.92. The van der Waals surface area contributed by atoms with Crippen LogP contribution >= 0.6 is 0 Å². The molecule has 0 heterocycles. The predicted octanol–water partition coefficient (Wildman–Crippen LogP) is 2.58. The monoisotopic (exact) mass is 341 g/mol. The average Bonchev–Trinajstić information content (AvgIpc) is 2.46. The van der Waals surface area contributed by atoms with Crippen molar-refractivity contribution < 1.29 is 17.6 Å². The number of hydrogen-bond donors (Lipinski definition) is 1. The average molecular weight is 341 g/mol. The van der Waals surface area contributed by atoms with E-state index in [0.717, 1.165) is 24.8 Å². The molecule has 0 aliphatic heterocycles. The maximum absolute atomic E-state index is 13.1. The molecule has 1 aliphatic carbocycles. The lowest BCUT2D eigenvalue weighted by atomic mass is 9.64. The third-order valence-electron chi connectivity index (χ3n) is 4.76. The first-order valence-corrected chi connectivity index (χ1v) is 9.77. The summed E-state index contributed by atoms with van der Waals surface area (Å²) < 4.78 is 37.1. The van der Waals surface area contributed by atoms with Crippen LogP contribution in [0.15, 0.2) is 24.3 Å². The number of amides is 1. The van der Waals surface area contributed by atoms with Gasteiger partial charge in [-0.05, 0) is 43.9 Å². The molecule has 0 spiro atoms. The molecule has 128 valence electrons. The minimum atomic E-state index is -3.40. The molecule has 2 rings (SSSR count). The smallest absolute Gasteiger partial charge is 0.238 e. The van der Waals surface area contributed by atoms with Gasteiger partial charge >= 0.3 is 0 Å². The van der Waals surface area contributed by atoms with Gasteiger partial charge in [-0.25, -0.2) is 12.8 Å². The number of halogens is 1. The molecule has 1 N–H and O–H groups in total. The van der Waals surface area contributed by atoms with Crippen LogP contribution < -0.4 is 5.32 Å². The van der Waals surface area contributed by atoms with E-state index in [0.29, 0.717) is 13.0 Å². The van der Waals surface area contributed by atoms with Crippen LogP contribution in [0.1, 0.15) is 45.1 Å². The zero-order valence-corrected chi connectivity index (χ0v) is 14.5. The molecule has 1 aliphatic rings. The van der Waals surface area contributed by atoms with Crippen molar-refractivity contribution in [3.05, 3.63) is 35.6 Å². The van der Waals surface area contributed by atoms with Crippen molar-refractivity contribution in [3.8, 4) is 0 Å². The second kappa shape index (κ2) is 6.99. The number of nitrogens with one attached hydrogen (secondary N) is 1. The Morgan fingerprint density at radius 3 is 2.39 bits per heavy atom. The number of hydrogen-bond acceptors (Lipinski definition) is 3. The van der Waals surface area contributed by atoms with Crippen molar-refractivity contribution in [3.63, 3.8) is 0 Å². The van der Waals surface area contributed by atoms with E-state index in [1.165, 1.54) is 19.1 Å². The number of rotatable bonds is 7. The predicted molar refractivity (Wildman–Crippen MR) is 88.5 cm³/mol. The Morgan fingerprint density at radius 1 is 1.30 bits per heavy atom. The third kappa shape index (κ3) is 3.91. The second-order valence-electron chi connectivity index (χ2n) is 6.37. The Labute approximate surface area is 137 Å². The lowest BCUT2D eigenvalue weighted by Crippen LogP contribution is -2.48. The Morgan fingerprint density at radius 2 is 1.91 bits per heavy atom. The molecule has 23 heavy (non-hydrogen) atoms. The van der Waals surface area contributed by atoms with Crippen LogP contribution in [0.3, 0.4) is 0 Å². The van der Waals surface area contributed by atoms with E-state index in [4.69, 9.17) is 0 Å². The maximum Gasteiger partial charge on any atom is 0.238 e. The highest BCUT2D eigenvalue weighted by atomic mass is 32.2. The molecule has 0 aromatic heterocycles. The molecule has 0 saturated heterocycles. The second-order valence-corrected chi connectivity index (χ2v) is 8.81. The first-order chi connectivity index (χ1) is 10.8. The van der Waals surface area contributed by atoms with Gasteiger partial charge in [0.05, 0.1) is 5.75 Å². The maximum atomic E-state index is 13.1. The number of carbonyl (C=O) groups is 1. The fourth-order valence-corrected chi connectivity index (χ4v) is 4.33. The minimum Gasteiger partial charge on any atom is -0.354 e. The lowest BCUT2D eigenvalue weighted by Gasteiger charge is -2.42. The van der Waals surface area contributed by atoms with Gasteiger partial charge in [0.15, 0.2) is 9.84 Å². The molecule has 0 radical (unpaired) electrons. The molecular formula is C17H24FNO3S. The van der Waals surface area contributed by atoms with Crippen LogP contribution in [0, 0.1) is 5.82 Å². The van der Waals surface area contributed by atoms with E-state index in [-0.39, 0.29) is 17.0 Å². The van der Waals surface area contributed by atoms with Crippen molar-refractivity contribution in [1.82, 2.24) is 5.32 Å². The molecule has 1 saturated carbocycles. The first-order valence-electron chi connectivity index (χ1n) is 8.06. The summed E-state index contributed by atoms with van der Waals surface area (Å²) in [7, 11) is -3.40. The van der Waals surface area contributed by atoms with E-state index in [9.17, 15) is 17.6 Å². The van der Waals surface area contributed by atoms with E-state index in [1.807, 2.05) is 0 Å². The summed E-state index contributed by atoms with van der Waals surface area (Å²) in [5.41, 5.74) is 0.798. The molecule has 1 atom stereocenters. The highest BCUT2D eigenvalue weighted by Gasteiger charge is 2.39. The van der Waals surface area contributed by atoms with Crippen LogP contribution in [-0.4, -0.2) is 31.9 Å². The SMILES string of the molecule is CCCS(=O)(=O)[C@H](C)C(=O)NCC1(c2ccc(F)cc2)CCC1. The third-order valence-corrected chi connectivity index (χ3v) is 7.03. The van der Waals surface area contributed by atoms with Gasteiger partial charge in [0.2, 0.25) is 5.91 Å². The molecule has 1 aromatic carbocycles. The van der Waals surface area contributed by atoms with E-state index in [1.54, 1.807) is 19.1 Å². The topological polar surface area (TPSA) is 63.2 Å². The summed E-state index contributed by atoms with van der Waals surface area (Å²) in [6.45, 7) is 3.61. The Kier molecular flexibility index (Phi) is 5.45. The van der Waals surface area contributed by atoms with Crippen molar-refractivity contribution in [2.75, 3.05) is 12.3 Å². The summed E-state index contributed by atoms with van der Waals surface area (Å²) >= 11 is 0. The quantitative estimate of drug-likeness (QED) is 0.829. The number of carbonyl (C=O) groups excluding carboxylic acids is 1. The van der Waals surface area contributed by atoms with E-state index < -0.39 is 21.0 Å². The van der Waals surface area contributed by atoms with Gasteiger partial charge in [-0.15, -0.1) is 0 Å².